The summed E-state index contributed by atoms with van der Waals surface area (Å²) in [6.45, 7) is 3.75. The van der Waals surface area contributed by atoms with Crippen LogP contribution in [0.5, 0.6) is 0 Å². The predicted molar refractivity (Wildman–Crippen MR) is 81.0 cm³/mol. The number of H-pyrrole nitrogens is 1. The minimum Gasteiger partial charge on any atom is -0.347 e. The van der Waals surface area contributed by atoms with Crippen LogP contribution in [0.3, 0.4) is 0 Å². The normalized spacial score (nSPS) is 14.8. The second-order valence-corrected chi connectivity index (χ2v) is 6.63. The summed E-state index contributed by atoms with van der Waals surface area (Å²) in [5.41, 5.74) is 6.66. The highest BCUT2D eigenvalue weighted by Crippen LogP contribution is 2.19. The fraction of sp³-hybridized carbons (Fsp3) is 0.357. The van der Waals surface area contributed by atoms with Crippen LogP contribution in [-0.2, 0) is 10.0 Å². The highest BCUT2D eigenvalue weighted by Gasteiger charge is 2.21. The average molecular weight is 308 g/mol. The zero-order valence-corrected chi connectivity index (χ0v) is 12.9. The van der Waals surface area contributed by atoms with Crippen molar-refractivity contribution < 1.29 is 8.42 Å². The Bertz CT molecular complexity index is 664. The van der Waals surface area contributed by atoms with E-state index in [-0.39, 0.29) is 17.0 Å². The topological polar surface area (TPSA) is 101 Å². The van der Waals surface area contributed by atoms with E-state index in [9.17, 15) is 8.42 Å². The molecule has 1 aromatic carbocycles. The highest BCUT2D eigenvalue weighted by molar-refractivity contribution is 7.89. The van der Waals surface area contributed by atoms with E-state index < -0.39 is 10.0 Å². The van der Waals surface area contributed by atoms with E-state index in [1.54, 1.807) is 36.7 Å². The fourth-order valence-electron chi connectivity index (χ4n) is 2.01. The van der Waals surface area contributed by atoms with Crippen LogP contribution in [0.15, 0.2) is 41.6 Å². The molecule has 2 aromatic rings. The summed E-state index contributed by atoms with van der Waals surface area (Å²) in [4.78, 5) is 7.25. The third kappa shape index (κ3) is 3.69. The smallest absolute Gasteiger partial charge is 0.241 e. The van der Waals surface area contributed by atoms with Gasteiger partial charge in [-0.2, -0.15) is 0 Å². The van der Waals surface area contributed by atoms with E-state index >= 15 is 0 Å². The van der Waals surface area contributed by atoms with Crippen LogP contribution in [0, 0.1) is 0 Å². The summed E-state index contributed by atoms with van der Waals surface area (Å²) in [5, 5.41) is 0. The lowest BCUT2D eigenvalue weighted by molar-refractivity contribution is 0.539. The number of nitrogens with two attached hydrogens (primary N) is 1. The van der Waals surface area contributed by atoms with E-state index in [0.29, 0.717) is 12.2 Å². The molecule has 0 aliphatic rings. The lowest BCUT2D eigenvalue weighted by Crippen LogP contribution is -2.29. The van der Waals surface area contributed by atoms with Crippen LogP contribution in [0.1, 0.15) is 43.7 Å². The molecular weight excluding hydrogens is 288 g/mol. The van der Waals surface area contributed by atoms with Gasteiger partial charge in [-0.05, 0) is 31.0 Å². The van der Waals surface area contributed by atoms with Gasteiger partial charge < -0.3 is 10.7 Å². The van der Waals surface area contributed by atoms with Crippen molar-refractivity contribution in [1.29, 1.82) is 0 Å². The van der Waals surface area contributed by atoms with Gasteiger partial charge in [0.2, 0.25) is 10.0 Å². The third-order valence-corrected chi connectivity index (χ3v) is 4.76. The fourth-order valence-corrected chi connectivity index (χ4v) is 3.29. The molecule has 0 radical (unpaired) electrons. The molecule has 2 rings (SSSR count). The summed E-state index contributed by atoms with van der Waals surface area (Å²) in [6.07, 6.45) is 3.87. The Kier molecular flexibility index (Phi) is 4.76. The number of aromatic nitrogens is 2. The maximum atomic E-state index is 12.4. The number of rotatable bonds is 6. The number of benzene rings is 1. The van der Waals surface area contributed by atoms with E-state index in [4.69, 9.17) is 5.73 Å². The molecule has 0 saturated carbocycles. The van der Waals surface area contributed by atoms with Crippen LogP contribution in [0.4, 0.5) is 0 Å². The second-order valence-electron chi connectivity index (χ2n) is 4.91. The molecule has 6 nitrogen and oxygen atoms in total. The minimum absolute atomic E-state index is 0.124. The molecule has 0 fully saturated rings. The van der Waals surface area contributed by atoms with Crippen molar-refractivity contribution in [3.8, 4) is 0 Å². The molecule has 0 aliphatic heterocycles. The van der Waals surface area contributed by atoms with Crippen molar-refractivity contribution in [2.24, 2.45) is 5.73 Å². The number of sulfonamides is 1. The lowest BCUT2D eigenvalue weighted by atomic mass is 10.1. The summed E-state index contributed by atoms with van der Waals surface area (Å²) in [5.74, 6) is 0.605. The molecule has 0 saturated heterocycles. The van der Waals surface area contributed by atoms with Crippen LogP contribution in [0.25, 0.3) is 0 Å². The van der Waals surface area contributed by atoms with Crippen LogP contribution >= 0.6 is 0 Å². The summed E-state index contributed by atoms with van der Waals surface area (Å²) >= 11 is 0. The number of aromatic amines is 1. The monoisotopic (exact) mass is 308 g/mol. The van der Waals surface area contributed by atoms with Gasteiger partial charge in [-0.15, -0.1) is 0 Å². The Balaban J connectivity index is 2.21. The Morgan fingerprint density at radius 2 is 2.00 bits per heavy atom. The van der Waals surface area contributed by atoms with Gasteiger partial charge in [-0.1, -0.05) is 19.1 Å². The standard InChI is InChI=1S/C14H20N4O2S/c1-3-13(14-16-8-9-17-14)18-21(19,20)12-6-4-11(5-7-12)10(2)15/h4-10,13,18H,3,15H2,1-2H3,(H,16,17). The minimum atomic E-state index is -3.59. The number of nitrogens with zero attached hydrogens (tertiary/aromatic N) is 1. The van der Waals surface area contributed by atoms with Crippen molar-refractivity contribution >= 4 is 10.0 Å². The first-order valence-corrected chi connectivity index (χ1v) is 8.29. The van der Waals surface area contributed by atoms with Gasteiger partial charge in [0.15, 0.2) is 0 Å². The van der Waals surface area contributed by atoms with Gasteiger partial charge in [0.1, 0.15) is 5.82 Å². The third-order valence-electron chi connectivity index (χ3n) is 3.27. The van der Waals surface area contributed by atoms with Crippen molar-refractivity contribution in [3.63, 3.8) is 0 Å². The van der Waals surface area contributed by atoms with E-state index in [0.717, 1.165) is 5.56 Å². The van der Waals surface area contributed by atoms with Gasteiger partial charge in [0.25, 0.3) is 0 Å². The molecule has 0 amide bonds. The quantitative estimate of drug-likeness (QED) is 0.758. The largest absolute Gasteiger partial charge is 0.347 e. The molecule has 21 heavy (non-hydrogen) atoms. The Morgan fingerprint density at radius 3 is 2.48 bits per heavy atom. The van der Waals surface area contributed by atoms with Gasteiger partial charge in [0, 0.05) is 18.4 Å². The first-order valence-electron chi connectivity index (χ1n) is 6.81. The van der Waals surface area contributed by atoms with E-state index in [1.807, 2.05) is 13.8 Å². The molecule has 0 aliphatic carbocycles. The molecule has 4 N–H and O–H groups in total. The maximum Gasteiger partial charge on any atom is 0.241 e. The first kappa shape index (κ1) is 15.7. The molecule has 1 heterocycles. The van der Waals surface area contributed by atoms with Gasteiger partial charge in [0.05, 0.1) is 10.9 Å². The van der Waals surface area contributed by atoms with Gasteiger partial charge >= 0.3 is 0 Å². The molecular formula is C14H20N4O2S. The Hall–Kier alpha value is -1.70. The molecule has 7 heteroatoms. The zero-order valence-electron chi connectivity index (χ0n) is 12.1. The van der Waals surface area contributed by atoms with Crippen LogP contribution < -0.4 is 10.5 Å². The van der Waals surface area contributed by atoms with Crippen LogP contribution in [0.2, 0.25) is 0 Å². The second kappa shape index (κ2) is 6.38. The van der Waals surface area contributed by atoms with Crippen molar-refractivity contribution in [3.05, 3.63) is 48.0 Å². The summed E-state index contributed by atoms with van der Waals surface area (Å²) < 4.78 is 27.4. The van der Waals surface area contributed by atoms with Gasteiger partial charge in [-0.3, -0.25) is 0 Å². The summed E-state index contributed by atoms with van der Waals surface area (Å²) in [7, 11) is -3.59. The first-order chi connectivity index (χ1) is 9.94. The van der Waals surface area contributed by atoms with E-state index in [1.165, 1.54) is 0 Å². The SMILES string of the molecule is CCC(NS(=O)(=O)c1ccc(C(C)N)cc1)c1ncc[nH]1. The van der Waals surface area contributed by atoms with Crippen molar-refractivity contribution in [2.75, 3.05) is 0 Å². The zero-order chi connectivity index (χ0) is 15.5. The molecule has 1 aromatic heterocycles. The predicted octanol–water partition coefficient (Wildman–Crippen LogP) is 1.86. The Morgan fingerprint density at radius 1 is 1.33 bits per heavy atom. The van der Waals surface area contributed by atoms with Crippen molar-refractivity contribution in [2.45, 2.75) is 37.2 Å². The maximum absolute atomic E-state index is 12.4. The Labute approximate surface area is 124 Å². The lowest BCUT2D eigenvalue weighted by Gasteiger charge is -2.15. The number of nitrogens with one attached hydrogen (secondary N) is 2. The average Bonchev–Trinajstić information content (AvgIpc) is 2.99. The number of hydrogen-bond acceptors (Lipinski definition) is 4. The highest BCUT2D eigenvalue weighted by atomic mass is 32.2. The van der Waals surface area contributed by atoms with Gasteiger partial charge in [-0.25, -0.2) is 18.1 Å². The molecule has 114 valence electrons. The number of imidazole rings is 1. The molecule has 0 spiro atoms. The molecule has 2 atom stereocenters. The van der Waals surface area contributed by atoms with Crippen molar-refractivity contribution in [1.82, 2.24) is 14.7 Å². The van der Waals surface area contributed by atoms with Crippen LogP contribution in [-0.4, -0.2) is 18.4 Å². The summed E-state index contributed by atoms with van der Waals surface area (Å²) in [6, 6.07) is 6.09. The molecule has 0 bridgehead atoms. The number of hydrogen-bond donors (Lipinski definition) is 3. The van der Waals surface area contributed by atoms with E-state index in [2.05, 4.69) is 14.7 Å². The molecule has 2 unspecified atom stereocenters.